The van der Waals surface area contributed by atoms with Crippen LogP contribution in [0.3, 0.4) is 0 Å². The highest BCUT2D eigenvalue weighted by molar-refractivity contribution is 7.18. The lowest BCUT2D eigenvalue weighted by Gasteiger charge is -2.25. The first-order chi connectivity index (χ1) is 20.6. The topological polar surface area (TPSA) is 64.3 Å². The minimum Gasteiger partial charge on any atom is -0.477 e. The molecule has 6 aromatic rings. The molecule has 4 aromatic carbocycles. The molecule has 0 aliphatic carbocycles. The van der Waals surface area contributed by atoms with Gasteiger partial charge in [-0.3, -0.25) is 0 Å². The van der Waals surface area contributed by atoms with E-state index in [1.807, 2.05) is 24.3 Å². The van der Waals surface area contributed by atoms with Crippen LogP contribution in [-0.2, 0) is 4.79 Å². The van der Waals surface area contributed by atoms with Gasteiger partial charge in [0.2, 0.25) is 0 Å². The lowest BCUT2D eigenvalue weighted by atomic mass is 10.1. The molecule has 0 bridgehead atoms. The summed E-state index contributed by atoms with van der Waals surface area (Å²) in [5.74, 6) is -1.22. The highest BCUT2D eigenvalue weighted by Crippen LogP contribution is 2.39. The van der Waals surface area contributed by atoms with Crippen molar-refractivity contribution in [2.75, 3.05) is 4.90 Å². The van der Waals surface area contributed by atoms with Crippen molar-refractivity contribution >= 4 is 51.8 Å². The van der Waals surface area contributed by atoms with Gasteiger partial charge in [0.15, 0.2) is 0 Å². The van der Waals surface area contributed by atoms with Crippen LogP contribution in [0.2, 0.25) is 0 Å². The van der Waals surface area contributed by atoms with Crippen molar-refractivity contribution in [2.24, 2.45) is 0 Å². The van der Waals surface area contributed by atoms with Crippen LogP contribution in [0.4, 0.5) is 17.1 Å². The Morgan fingerprint density at radius 2 is 1.02 bits per heavy atom. The number of hydrogen-bond donors (Lipinski definition) is 1. The van der Waals surface area contributed by atoms with Crippen LogP contribution in [0.15, 0.2) is 139 Å². The van der Waals surface area contributed by atoms with Crippen LogP contribution in [-0.4, -0.2) is 11.1 Å². The summed E-state index contributed by atoms with van der Waals surface area (Å²) < 4.78 is 0. The Hall–Kier alpha value is -5.22. The van der Waals surface area contributed by atoms with Gasteiger partial charge in [-0.1, -0.05) is 72.8 Å². The van der Waals surface area contributed by atoms with E-state index in [0.717, 1.165) is 37.9 Å². The zero-order valence-corrected chi connectivity index (χ0v) is 24.0. The van der Waals surface area contributed by atoms with Crippen molar-refractivity contribution in [3.05, 3.63) is 144 Å². The van der Waals surface area contributed by atoms with Crippen LogP contribution in [0, 0.1) is 11.3 Å². The molecule has 4 nitrogen and oxygen atoms in total. The molecule has 0 atom stereocenters. The number of anilines is 3. The maximum Gasteiger partial charge on any atom is 0.346 e. The standard InChI is InChI=1S/C36H24N2O2S2/c37-24-28(36(39)40)23-32-19-20-33(41-32)25-11-13-26(14-12-25)34-21-22-35(42-34)27-15-17-31(18-16-27)38(29-7-3-1-4-8-29)30-9-5-2-6-10-30/h1-23H,(H,39,40)/b28-23+. The summed E-state index contributed by atoms with van der Waals surface area (Å²) in [6.07, 6.45) is 1.41. The third-order valence-corrected chi connectivity index (χ3v) is 9.03. The Kier molecular flexibility index (Phi) is 7.78. The van der Waals surface area contributed by atoms with Crippen molar-refractivity contribution in [3.63, 3.8) is 0 Å². The lowest BCUT2D eigenvalue weighted by Crippen LogP contribution is -2.09. The van der Waals surface area contributed by atoms with E-state index in [1.165, 1.54) is 32.7 Å². The molecule has 0 aliphatic rings. The zero-order valence-electron chi connectivity index (χ0n) is 22.3. The molecule has 0 aliphatic heterocycles. The number of carboxylic acid groups (broad SMARTS) is 1. The third-order valence-electron chi connectivity index (χ3n) is 6.76. The average Bonchev–Trinajstić information content (AvgIpc) is 3.72. The van der Waals surface area contributed by atoms with E-state index in [0.29, 0.717) is 0 Å². The molecule has 0 saturated heterocycles. The van der Waals surface area contributed by atoms with Crippen LogP contribution in [0.25, 0.3) is 37.4 Å². The van der Waals surface area contributed by atoms with Gasteiger partial charge >= 0.3 is 5.97 Å². The summed E-state index contributed by atoms with van der Waals surface area (Å²) in [6, 6.07) is 47.7. The summed E-state index contributed by atoms with van der Waals surface area (Å²) in [4.78, 5) is 17.5. The Labute approximate surface area is 252 Å². The van der Waals surface area contributed by atoms with Crippen LogP contribution in [0.1, 0.15) is 4.88 Å². The number of hydrogen-bond acceptors (Lipinski definition) is 5. The number of rotatable bonds is 8. The van der Waals surface area contributed by atoms with Gasteiger partial charge in [0.05, 0.1) is 0 Å². The van der Waals surface area contributed by atoms with E-state index >= 15 is 0 Å². The normalized spacial score (nSPS) is 11.2. The van der Waals surface area contributed by atoms with Gasteiger partial charge in [-0.25, -0.2) is 4.79 Å². The molecule has 0 amide bonds. The summed E-state index contributed by atoms with van der Waals surface area (Å²) >= 11 is 3.22. The molecule has 0 radical (unpaired) electrons. The highest BCUT2D eigenvalue weighted by atomic mass is 32.1. The molecular formula is C36H24N2O2S2. The van der Waals surface area contributed by atoms with Crippen molar-refractivity contribution in [1.82, 2.24) is 0 Å². The van der Waals surface area contributed by atoms with Gasteiger partial charge < -0.3 is 10.0 Å². The highest BCUT2D eigenvalue weighted by Gasteiger charge is 2.13. The van der Waals surface area contributed by atoms with Gasteiger partial charge in [-0.15, -0.1) is 22.7 Å². The number of nitrogens with zero attached hydrogens (tertiary/aromatic N) is 2. The maximum atomic E-state index is 11.1. The molecule has 2 heterocycles. The minimum atomic E-state index is -1.22. The van der Waals surface area contributed by atoms with E-state index in [9.17, 15) is 4.79 Å². The fourth-order valence-corrected chi connectivity index (χ4v) is 6.67. The van der Waals surface area contributed by atoms with Crippen molar-refractivity contribution in [1.29, 1.82) is 5.26 Å². The summed E-state index contributed by atoms with van der Waals surface area (Å²) in [5.41, 5.74) is 6.41. The van der Waals surface area contributed by atoms with Gasteiger partial charge in [0, 0.05) is 36.6 Å². The molecule has 6 rings (SSSR count). The number of nitriles is 1. The number of carboxylic acids is 1. The molecule has 2 aromatic heterocycles. The molecule has 0 saturated carbocycles. The van der Waals surface area contributed by atoms with E-state index in [2.05, 4.69) is 114 Å². The van der Waals surface area contributed by atoms with Crippen LogP contribution < -0.4 is 4.90 Å². The third kappa shape index (κ3) is 5.79. The van der Waals surface area contributed by atoms with E-state index < -0.39 is 5.97 Å². The second kappa shape index (κ2) is 12.1. The van der Waals surface area contributed by atoms with E-state index in [4.69, 9.17) is 10.4 Å². The monoisotopic (exact) mass is 580 g/mol. The molecule has 0 fully saturated rings. The van der Waals surface area contributed by atoms with E-state index in [1.54, 1.807) is 17.4 Å². The summed E-state index contributed by atoms with van der Waals surface area (Å²) in [5, 5.41) is 18.1. The molecule has 42 heavy (non-hydrogen) atoms. The first-order valence-electron chi connectivity index (χ1n) is 13.3. The fraction of sp³-hybridized carbons (Fsp3) is 0. The second-order valence-corrected chi connectivity index (χ2v) is 11.7. The van der Waals surface area contributed by atoms with Crippen molar-refractivity contribution in [2.45, 2.75) is 0 Å². The number of para-hydroxylation sites is 2. The van der Waals surface area contributed by atoms with E-state index in [-0.39, 0.29) is 5.57 Å². The molecule has 6 heteroatoms. The molecule has 0 spiro atoms. The van der Waals surface area contributed by atoms with Gasteiger partial charge in [-0.2, -0.15) is 5.26 Å². The first kappa shape index (κ1) is 27.0. The minimum absolute atomic E-state index is 0.272. The lowest BCUT2D eigenvalue weighted by molar-refractivity contribution is -0.132. The van der Waals surface area contributed by atoms with Gasteiger partial charge in [0.1, 0.15) is 11.6 Å². The second-order valence-electron chi connectivity index (χ2n) is 9.47. The van der Waals surface area contributed by atoms with Gasteiger partial charge in [0.25, 0.3) is 0 Å². The first-order valence-corrected chi connectivity index (χ1v) is 14.9. The smallest absolute Gasteiger partial charge is 0.346 e. The van der Waals surface area contributed by atoms with Crippen molar-refractivity contribution in [3.8, 4) is 37.4 Å². The number of aliphatic carboxylic acids is 1. The Morgan fingerprint density at radius 1 is 0.595 bits per heavy atom. The van der Waals surface area contributed by atoms with Crippen molar-refractivity contribution < 1.29 is 9.90 Å². The number of benzene rings is 4. The molecular weight excluding hydrogens is 557 g/mol. The Bertz CT molecular complexity index is 1860. The number of carbonyl (C=O) groups is 1. The van der Waals surface area contributed by atoms with Crippen LogP contribution >= 0.6 is 22.7 Å². The maximum absolute atomic E-state index is 11.1. The summed E-state index contributed by atoms with van der Waals surface area (Å²) in [6.45, 7) is 0. The molecule has 1 N–H and O–H groups in total. The summed E-state index contributed by atoms with van der Waals surface area (Å²) in [7, 11) is 0. The average molecular weight is 581 g/mol. The SMILES string of the molecule is N#C/C(=C\c1ccc(-c2ccc(-c3ccc(-c4ccc(N(c5ccccc5)c5ccccc5)cc4)s3)cc2)s1)C(=O)O. The zero-order chi connectivity index (χ0) is 28.9. The fourth-order valence-electron chi connectivity index (χ4n) is 4.69. The quantitative estimate of drug-likeness (QED) is 0.144. The predicted molar refractivity (Wildman–Crippen MR) is 174 cm³/mol. The molecule has 202 valence electrons. The predicted octanol–water partition coefficient (Wildman–Crippen LogP) is 10.3. The Balaban J connectivity index is 1.21. The largest absolute Gasteiger partial charge is 0.477 e. The van der Waals surface area contributed by atoms with Crippen LogP contribution in [0.5, 0.6) is 0 Å². The Morgan fingerprint density at radius 3 is 1.50 bits per heavy atom. The number of thiophene rings is 2. The molecule has 0 unspecified atom stereocenters. The van der Waals surface area contributed by atoms with Gasteiger partial charge in [-0.05, 0) is 83.4 Å².